The number of hydrogen-bond acceptors (Lipinski definition) is 8. The molecule has 2 aliphatic heterocycles. The molecule has 0 radical (unpaired) electrons. The molecule has 0 amide bonds. The second kappa shape index (κ2) is 15.6. The lowest BCUT2D eigenvalue weighted by atomic mass is 9.85. The van der Waals surface area contributed by atoms with Gasteiger partial charge in [-0.3, -0.25) is 9.63 Å². The SMILES string of the molecule is C1CCNC1.CC(ON)OC(=O)C1=Cc2cc(Cl)c(C(C)(C)C)cc2OC1C(F)(F)F.O=CO.[NH3+]O. The summed E-state index contributed by atoms with van der Waals surface area (Å²) in [5.74, 6) is 5.85. The Morgan fingerprint density at radius 1 is 1.28 bits per heavy atom. The third kappa shape index (κ3) is 10.7. The Labute approximate surface area is 212 Å². The van der Waals surface area contributed by atoms with Crippen molar-refractivity contribution in [2.24, 2.45) is 5.90 Å². The molecular weight excluding hydrogens is 511 g/mol. The second-order valence-electron chi connectivity index (χ2n) is 8.43. The molecular formula is C22H34ClF3N3O7+. The monoisotopic (exact) mass is 544 g/mol. The summed E-state index contributed by atoms with van der Waals surface area (Å²) in [6, 6.07) is 2.92. The number of rotatable bonds is 3. The van der Waals surface area contributed by atoms with E-state index in [4.69, 9.17) is 42.1 Å². The third-order valence-corrected chi connectivity index (χ3v) is 5.01. The first-order valence-corrected chi connectivity index (χ1v) is 11.1. The number of benzene rings is 1. The van der Waals surface area contributed by atoms with Crippen LogP contribution in [0.3, 0.4) is 0 Å². The molecule has 0 spiro atoms. The van der Waals surface area contributed by atoms with Gasteiger partial charge in [-0.2, -0.15) is 13.2 Å². The van der Waals surface area contributed by atoms with E-state index in [0.717, 1.165) is 6.08 Å². The molecule has 36 heavy (non-hydrogen) atoms. The molecule has 0 aliphatic carbocycles. The van der Waals surface area contributed by atoms with Gasteiger partial charge in [0.1, 0.15) is 5.75 Å². The summed E-state index contributed by atoms with van der Waals surface area (Å²) < 4.78 is 50.1. The molecule has 2 aliphatic rings. The van der Waals surface area contributed by atoms with Crippen molar-refractivity contribution in [3.05, 3.63) is 33.9 Å². The third-order valence-electron chi connectivity index (χ3n) is 4.70. The molecule has 0 saturated carbocycles. The van der Waals surface area contributed by atoms with E-state index in [0.29, 0.717) is 10.6 Å². The van der Waals surface area contributed by atoms with Crippen molar-refractivity contribution >= 4 is 30.1 Å². The molecule has 10 nitrogen and oxygen atoms in total. The normalized spacial score (nSPS) is 17.2. The van der Waals surface area contributed by atoms with Gasteiger partial charge < -0.3 is 19.9 Å². The number of nitrogens with two attached hydrogens (primary N) is 1. The number of ether oxygens (including phenoxy) is 2. The number of esters is 1. The van der Waals surface area contributed by atoms with Crippen molar-refractivity contribution in [2.75, 3.05) is 13.1 Å². The van der Waals surface area contributed by atoms with Crippen molar-refractivity contribution in [1.82, 2.24) is 5.32 Å². The average Bonchev–Trinajstić information content (AvgIpc) is 3.38. The van der Waals surface area contributed by atoms with Crippen LogP contribution in [0.25, 0.3) is 6.08 Å². The van der Waals surface area contributed by atoms with Crippen LogP contribution in [0.4, 0.5) is 13.2 Å². The van der Waals surface area contributed by atoms with Gasteiger partial charge in [-0.1, -0.05) is 32.4 Å². The van der Waals surface area contributed by atoms with Crippen LogP contribution in [0.15, 0.2) is 17.7 Å². The summed E-state index contributed by atoms with van der Waals surface area (Å²) in [5.41, 5.74) is -0.242. The van der Waals surface area contributed by atoms with Crippen molar-refractivity contribution in [2.45, 2.75) is 64.5 Å². The summed E-state index contributed by atoms with van der Waals surface area (Å²) in [4.78, 5) is 24.7. The van der Waals surface area contributed by atoms with Crippen LogP contribution in [-0.4, -0.2) is 54.4 Å². The molecule has 2 unspecified atom stereocenters. The molecule has 2 heterocycles. The maximum atomic E-state index is 13.4. The van der Waals surface area contributed by atoms with Crippen LogP contribution in [0.1, 0.15) is 51.7 Å². The number of fused-ring (bicyclic) bond motifs is 1. The number of carbonyl (C=O) groups is 2. The predicted octanol–water partition coefficient (Wildman–Crippen LogP) is 2.81. The van der Waals surface area contributed by atoms with E-state index < -0.39 is 35.5 Å². The van der Waals surface area contributed by atoms with Gasteiger partial charge in [0.05, 0.1) is 5.57 Å². The fourth-order valence-corrected chi connectivity index (χ4v) is 3.53. The highest BCUT2D eigenvalue weighted by atomic mass is 35.5. The topological polar surface area (TPSA) is 168 Å². The summed E-state index contributed by atoms with van der Waals surface area (Å²) in [6.45, 7) is 9.14. The van der Waals surface area contributed by atoms with Gasteiger partial charge in [-0.05, 0) is 62.0 Å². The lowest BCUT2D eigenvalue weighted by Crippen LogP contribution is -2.42. The summed E-state index contributed by atoms with van der Waals surface area (Å²) in [6.07, 6.45) is -4.68. The lowest BCUT2D eigenvalue weighted by Gasteiger charge is -2.30. The molecule has 8 N–H and O–H groups in total. The summed E-state index contributed by atoms with van der Waals surface area (Å²) >= 11 is 6.25. The zero-order valence-electron chi connectivity index (χ0n) is 20.5. The number of nitrogens with one attached hydrogen (secondary N) is 1. The van der Waals surface area contributed by atoms with Gasteiger partial charge in [0.15, 0.2) is 0 Å². The molecule has 1 fully saturated rings. The van der Waals surface area contributed by atoms with Crippen LogP contribution in [0.5, 0.6) is 5.75 Å². The molecule has 0 aromatic heterocycles. The number of hydrogen-bond donors (Lipinski definition) is 5. The highest BCUT2D eigenvalue weighted by molar-refractivity contribution is 6.31. The Balaban J connectivity index is 0.00000103. The van der Waals surface area contributed by atoms with Gasteiger partial charge in [0.2, 0.25) is 12.4 Å². The van der Waals surface area contributed by atoms with Gasteiger partial charge in [0, 0.05) is 10.6 Å². The van der Waals surface area contributed by atoms with Gasteiger partial charge >= 0.3 is 12.1 Å². The van der Waals surface area contributed by atoms with E-state index in [-0.39, 0.29) is 17.8 Å². The molecule has 14 heteroatoms. The van der Waals surface area contributed by atoms with Crippen molar-refractivity contribution in [1.29, 1.82) is 0 Å². The van der Waals surface area contributed by atoms with Crippen LogP contribution < -0.4 is 21.8 Å². The number of alkyl halides is 3. The minimum absolute atomic E-state index is 0.0127. The second-order valence-corrected chi connectivity index (χ2v) is 8.84. The van der Waals surface area contributed by atoms with E-state index in [9.17, 15) is 18.0 Å². The highest BCUT2D eigenvalue weighted by Gasteiger charge is 2.49. The van der Waals surface area contributed by atoms with Crippen LogP contribution in [0.2, 0.25) is 5.02 Å². The molecule has 1 saturated heterocycles. The zero-order valence-corrected chi connectivity index (χ0v) is 21.3. The van der Waals surface area contributed by atoms with Crippen molar-refractivity contribution in [3.8, 4) is 5.75 Å². The average molecular weight is 545 g/mol. The predicted molar refractivity (Wildman–Crippen MR) is 125 cm³/mol. The first-order chi connectivity index (χ1) is 16.8. The fourth-order valence-electron chi connectivity index (χ4n) is 3.07. The quantitative estimate of drug-likeness (QED) is 0.166. The lowest BCUT2D eigenvalue weighted by molar-refractivity contribution is -0.670. The van der Waals surface area contributed by atoms with Crippen LogP contribution in [-0.2, 0) is 24.6 Å². The van der Waals surface area contributed by atoms with Gasteiger partial charge in [0.25, 0.3) is 6.47 Å². The van der Waals surface area contributed by atoms with E-state index in [1.807, 2.05) is 20.8 Å². The summed E-state index contributed by atoms with van der Waals surface area (Å²) in [7, 11) is 0. The first kappa shape index (κ1) is 33.6. The van der Waals surface area contributed by atoms with E-state index in [2.05, 4.69) is 16.1 Å². The standard InChI is InChI=1S/C17H19ClF3NO4.C4H9N.CH2O2.H4NO/c1-8(26-22)24-15(23)10-5-9-6-12(18)11(16(2,3)4)7-13(9)25-14(10)17(19,20)21;1-2-4-5-3-1;2-1-3;1-2/h5-8,14H,22H2,1-4H3;5H,1-4H2;1H,(H,2,3);2H,1H3/q;;;+1. The Morgan fingerprint density at radius 3 is 2.19 bits per heavy atom. The molecule has 1 aromatic carbocycles. The van der Waals surface area contributed by atoms with Crippen LogP contribution >= 0.6 is 11.6 Å². The minimum atomic E-state index is -4.82. The van der Waals surface area contributed by atoms with Crippen molar-refractivity contribution < 1.29 is 53.3 Å². The maximum absolute atomic E-state index is 13.4. The maximum Gasteiger partial charge on any atom is 0.430 e. The molecule has 206 valence electrons. The molecule has 3 rings (SSSR count). The smallest absolute Gasteiger partial charge is 0.430 e. The van der Waals surface area contributed by atoms with E-state index in [1.54, 1.807) is 0 Å². The van der Waals surface area contributed by atoms with Gasteiger partial charge in [-0.15, -0.1) is 0 Å². The minimum Gasteiger partial charge on any atom is -0.483 e. The number of halogens is 4. The van der Waals surface area contributed by atoms with Gasteiger partial charge in [-0.25, -0.2) is 21.8 Å². The number of carbonyl (C=O) groups excluding carboxylic acids is 1. The van der Waals surface area contributed by atoms with Crippen LogP contribution in [0, 0.1) is 0 Å². The van der Waals surface area contributed by atoms with Crippen molar-refractivity contribution in [3.63, 3.8) is 0 Å². The first-order valence-electron chi connectivity index (χ1n) is 10.7. The Hall–Kier alpha value is -2.42. The van der Waals surface area contributed by atoms with E-state index >= 15 is 0 Å². The molecule has 1 aromatic rings. The Morgan fingerprint density at radius 2 is 1.81 bits per heavy atom. The zero-order chi connectivity index (χ0) is 28.1. The molecule has 0 bridgehead atoms. The largest absolute Gasteiger partial charge is 0.483 e. The Kier molecular flexibility index (Phi) is 14.6. The number of carboxylic acid groups (broad SMARTS) is 1. The highest BCUT2D eigenvalue weighted by Crippen LogP contribution is 2.42. The fraction of sp³-hybridized carbons (Fsp3) is 0.545. The number of quaternary nitrogens is 1. The summed E-state index contributed by atoms with van der Waals surface area (Å²) in [5, 5.41) is 17.2. The Bertz CT molecular complexity index is 866. The molecule has 2 atom stereocenters. The van der Waals surface area contributed by atoms with E-state index in [1.165, 1.54) is 45.0 Å².